The number of hydrogen-bond donors (Lipinski definition) is 3. The lowest BCUT2D eigenvalue weighted by atomic mass is 10.1. The molecule has 0 saturated heterocycles. The van der Waals surface area contributed by atoms with Crippen LogP contribution in [0.2, 0.25) is 0 Å². The lowest BCUT2D eigenvalue weighted by molar-refractivity contribution is -0.122. The highest BCUT2D eigenvalue weighted by Gasteiger charge is 2.37. The van der Waals surface area contributed by atoms with Gasteiger partial charge in [0.15, 0.2) is 11.7 Å². The molecule has 0 saturated carbocycles. The van der Waals surface area contributed by atoms with E-state index in [1.165, 1.54) is 11.2 Å². The van der Waals surface area contributed by atoms with E-state index in [4.69, 9.17) is 15.9 Å². The van der Waals surface area contributed by atoms with Crippen LogP contribution in [-0.2, 0) is 4.79 Å². The van der Waals surface area contributed by atoms with Gasteiger partial charge in [-0.25, -0.2) is 0 Å². The average molecular weight is 470 g/mol. The molecule has 0 spiro atoms. The van der Waals surface area contributed by atoms with E-state index in [1.807, 2.05) is 19.1 Å². The minimum absolute atomic E-state index is 0.0101. The van der Waals surface area contributed by atoms with E-state index in [0.717, 1.165) is 23.5 Å². The van der Waals surface area contributed by atoms with Crippen LogP contribution in [-0.4, -0.2) is 28.6 Å². The standard InChI is InChI=1S/C23H27N5O4S/c1-13(2)10-11-26-22(30)19(16-5-4-12-32-16)28(15-8-6-14(3)7-9-15)23(31)20-17(24)18(21(25)29)27-33-20/h4-9,12-13,19H,10-11,24H2,1-3H3,(H2,25,29)(H,26,30)/t19-/m0/s1. The van der Waals surface area contributed by atoms with Gasteiger partial charge in [0.1, 0.15) is 10.6 Å². The van der Waals surface area contributed by atoms with Crippen molar-refractivity contribution in [3.8, 4) is 0 Å². The van der Waals surface area contributed by atoms with Gasteiger partial charge in [0.2, 0.25) is 0 Å². The molecule has 174 valence electrons. The number of carbonyl (C=O) groups is 3. The molecular formula is C23H27N5O4S. The van der Waals surface area contributed by atoms with Crippen LogP contribution in [0.5, 0.6) is 0 Å². The maximum Gasteiger partial charge on any atom is 0.273 e. The first kappa shape index (κ1) is 24.0. The molecule has 1 aromatic carbocycles. The Morgan fingerprint density at radius 3 is 2.42 bits per heavy atom. The summed E-state index contributed by atoms with van der Waals surface area (Å²) >= 11 is 0.758. The second-order valence-corrected chi connectivity index (χ2v) is 8.81. The fourth-order valence-electron chi connectivity index (χ4n) is 3.23. The first-order chi connectivity index (χ1) is 15.7. The van der Waals surface area contributed by atoms with Gasteiger partial charge in [-0.05, 0) is 55.1 Å². The molecule has 0 bridgehead atoms. The molecule has 9 nitrogen and oxygen atoms in total. The normalized spacial score (nSPS) is 11.9. The monoisotopic (exact) mass is 469 g/mol. The molecule has 0 unspecified atom stereocenters. The third-order valence-electron chi connectivity index (χ3n) is 5.03. The third-order valence-corrected chi connectivity index (χ3v) is 5.88. The summed E-state index contributed by atoms with van der Waals surface area (Å²) in [6.45, 7) is 6.47. The smallest absolute Gasteiger partial charge is 0.273 e. The van der Waals surface area contributed by atoms with E-state index >= 15 is 0 Å². The number of primary amides is 1. The highest BCUT2D eigenvalue weighted by Crippen LogP contribution is 2.33. The number of nitrogens with two attached hydrogens (primary N) is 2. The second kappa shape index (κ2) is 10.3. The Hall–Kier alpha value is -3.66. The number of benzene rings is 1. The van der Waals surface area contributed by atoms with E-state index in [9.17, 15) is 14.4 Å². The van der Waals surface area contributed by atoms with Crippen molar-refractivity contribution in [1.82, 2.24) is 9.69 Å². The maximum atomic E-state index is 13.8. The first-order valence-corrected chi connectivity index (χ1v) is 11.2. The van der Waals surface area contributed by atoms with Crippen molar-refractivity contribution < 1.29 is 18.8 Å². The number of aryl methyl sites for hydroxylation is 1. The SMILES string of the molecule is Cc1ccc(N(C(=O)c2snc(C(N)=O)c2N)[C@H](C(=O)NCCC(C)C)c2ccco2)cc1. The molecule has 0 fully saturated rings. The molecule has 2 heterocycles. The molecule has 5 N–H and O–H groups in total. The predicted molar refractivity (Wildman–Crippen MR) is 127 cm³/mol. The van der Waals surface area contributed by atoms with Gasteiger partial charge < -0.3 is 21.2 Å². The highest BCUT2D eigenvalue weighted by molar-refractivity contribution is 7.09. The Kier molecular flexibility index (Phi) is 7.49. The number of carbonyl (C=O) groups excluding carboxylic acids is 3. The molecule has 10 heteroatoms. The number of anilines is 2. The van der Waals surface area contributed by atoms with E-state index in [2.05, 4.69) is 23.5 Å². The lowest BCUT2D eigenvalue weighted by Gasteiger charge is -2.29. The van der Waals surface area contributed by atoms with Gasteiger partial charge in [-0.15, -0.1) is 0 Å². The fourth-order valence-corrected chi connectivity index (χ4v) is 3.97. The second-order valence-electron chi connectivity index (χ2n) is 8.04. The number of hydrogen-bond acceptors (Lipinski definition) is 7. The summed E-state index contributed by atoms with van der Waals surface area (Å²) in [6.07, 6.45) is 2.21. The summed E-state index contributed by atoms with van der Waals surface area (Å²) in [5.41, 5.74) is 12.5. The summed E-state index contributed by atoms with van der Waals surface area (Å²) in [4.78, 5) is 40.0. The van der Waals surface area contributed by atoms with E-state index in [-0.39, 0.29) is 22.0 Å². The van der Waals surface area contributed by atoms with Crippen LogP contribution in [0.25, 0.3) is 0 Å². The zero-order valence-corrected chi connectivity index (χ0v) is 19.5. The minimum atomic E-state index is -1.11. The van der Waals surface area contributed by atoms with Crippen LogP contribution in [0.1, 0.15) is 57.8 Å². The van der Waals surface area contributed by atoms with Gasteiger partial charge in [-0.1, -0.05) is 31.5 Å². The molecule has 3 aromatic rings. The first-order valence-electron chi connectivity index (χ1n) is 10.5. The fraction of sp³-hybridized carbons (Fsp3) is 0.304. The molecule has 3 rings (SSSR count). The van der Waals surface area contributed by atoms with Gasteiger partial charge in [-0.2, -0.15) is 4.37 Å². The number of furan rings is 1. The average Bonchev–Trinajstić information content (AvgIpc) is 3.42. The van der Waals surface area contributed by atoms with Crippen molar-refractivity contribution in [2.45, 2.75) is 33.2 Å². The number of nitrogens with one attached hydrogen (secondary N) is 1. The van der Waals surface area contributed by atoms with Crippen LogP contribution >= 0.6 is 11.5 Å². The molecule has 0 radical (unpaired) electrons. The van der Waals surface area contributed by atoms with Crippen molar-refractivity contribution >= 4 is 40.6 Å². The Labute approximate surface area is 195 Å². The number of rotatable bonds is 9. The molecule has 0 aliphatic heterocycles. The van der Waals surface area contributed by atoms with Crippen LogP contribution in [0.4, 0.5) is 11.4 Å². The Bertz CT molecular complexity index is 1120. The largest absolute Gasteiger partial charge is 0.467 e. The van der Waals surface area contributed by atoms with E-state index in [1.54, 1.807) is 24.3 Å². The zero-order chi connectivity index (χ0) is 24.1. The van der Waals surface area contributed by atoms with Crippen LogP contribution in [0, 0.1) is 12.8 Å². The third kappa shape index (κ3) is 5.40. The number of nitrogens with zero attached hydrogens (tertiary/aromatic N) is 2. The predicted octanol–water partition coefficient (Wildman–Crippen LogP) is 3.28. The van der Waals surface area contributed by atoms with E-state index in [0.29, 0.717) is 18.2 Å². The molecule has 3 amide bonds. The summed E-state index contributed by atoms with van der Waals surface area (Å²) in [7, 11) is 0. The summed E-state index contributed by atoms with van der Waals surface area (Å²) in [5, 5.41) is 2.90. The zero-order valence-electron chi connectivity index (χ0n) is 18.7. The molecule has 2 aromatic heterocycles. The van der Waals surface area contributed by atoms with Crippen molar-refractivity contribution in [1.29, 1.82) is 0 Å². The Morgan fingerprint density at radius 1 is 1.18 bits per heavy atom. The van der Waals surface area contributed by atoms with Crippen LogP contribution in [0.3, 0.4) is 0 Å². The molecule has 0 aliphatic rings. The maximum absolute atomic E-state index is 13.8. The Balaban J connectivity index is 2.09. The van der Waals surface area contributed by atoms with Crippen molar-refractivity contribution in [2.24, 2.45) is 11.7 Å². The molecule has 1 atom stereocenters. The summed E-state index contributed by atoms with van der Waals surface area (Å²) in [5.74, 6) is -1.16. The van der Waals surface area contributed by atoms with Crippen molar-refractivity contribution in [2.75, 3.05) is 17.2 Å². The van der Waals surface area contributed by atoms with Gasteiger partial charge in [-0.3, -0.25) is 19.3 Å². The quantitative estimate of drug-likeness (QED) is 0.439. The lowest BCUT2D eigenvalue weighted by Crippen LogP contribution is -2.44. The Morgan fingerprint density at radius 2 is 1.88 bits per heavy atom. The van der Waals surface area contributed by atoms with Gasteiger partial charge >= 0.3 is 0 Å². The van der Waals surface area contributed by atoms with Crippen molar-refractivity contribution in [3.63, 3.8) is 0 Å². The van der Waals surface area contributed by atoms with Gasteiger partial charge in [0.05, 0.1) is 12.0 Å². The molecule has 0 aliphatic carbocycles. The topological polar surface area (TPSA) is 145 Å². The van der Waals surface area contributed by atoms with Crippen LogP contribution in [0.15, 0.2) is 47.1 Å². The molecular weight excluding hydrogens is 442 g/mol. The highest BCUT2D eigenvalue weighted by atomic mass is 32.1. The van der Waals surface area contributed by atoms with Gasteiger partial charge in [0, 0.05) is 12.2 Å². The molecule has 33 heavy (non-hydrogen) atoms. The minimum Gasteiger partial charge on any atom is -0.467 e. The van der Waals surface area contributed by atoms with Crippen molar-refractivity contribution in [3.05, 3.63) is 64.6 Å². The number of nitrogen functional groups attached to an aromatic ring is 1. The number of aromatic nitrogens is 1. The van der Waals surface area contributed by atoms with Crippen LogP contribution < -0.4 is 21.7 Å². The van der Waals surface area contributed by atoms with E-state index < -0.39 is 23.8 Å². The van der Waals surface area contributed by atoms with Gasteiger partial charge in [0.25, 0.3) is 17.7 Å². The number of amides is 3. The summed E-state index contributed by atoms with van der Waals surface area (Å²) < 4.78 is 9.49. The summed E-state index contributed by atoms with van der Waals surface area (Å²) in [6, 6.07) is 9.29.